The van der Waals surface area contributed by atoms with E-state index in [1.165, 1.54) is 34.7 Å². The molecule has 0 aliphatic carbocycles. The van der Waals surface area contributed by atoms with Crippen molar-refractivity contribution in [3.63, 3.8) is 0 Å². The number of nitrogens with zero attached hydrogens (tertiary/aromatic N) is 2. The maximum Gasteiger partial charge on any atom is 0.224 e. The van der Waals surface area contributed by atoms with Gasteiger partial charge in [0, 0.05) is 18.4 Å². The molecule has 0 saturated carbocycles. The van der Waals surface area contributed by atoms with Crippen LogP contribution in [0.1, 0.15) is 50.5 Å². The monoisotopic (exact) mass is 459 g/mol. The van der Waals surface area contributed by atoms with Gasteiger partial charge in [0.05, 0.1) is 15.9 Å². The molecule has 2 heterocycles. The van der Waals surface area contributed by atoms with Crippen LogP contribution in [0, 0.1) is 6.92 Å². The maximum absolute atomic E-state index is 12.3. The third-order valence-electron chi connectivity index (χ3n) is 4.88. The van der Waals surface area contributed by atoms with Crippen LogP contribution < -0.4 is 5.32 Å². The number of aryl methyl sites for hydroxylation is 1. The highest BCUT2D eigenvalue weighted by Crippen LogP contribution is 2.30. The summed E-state index contributed by atoms with van der Waals surface area (Å²) in [5, 5.41) is 3.93. The highest BCUT2D eigenvalue weighted by molar-refractivity contribution is 8.01. The van der Waals surface area contributed by atoms with E-state index in [0.717, 1.165) is 40.4 Å². The van der Waals surface area contributed by atoms with Crippen molar-refractivity contribution in [3.05, 3.63) is 42.1 Å². The second-order valence-electron chi connectivity index (χ2n) is 7.23. The quantitative estimate of drug-likeness (QED) is 0.229. The zero-order valence-corrected chi connectivity index (χ0v) is 20.1. The summed E-state index contributed by atoms with van der Waals surface area (Å²) in [6, 6.07) is 10.3. The normalized spacial score (nSPS) is 11.1. The van der Waals surface area contributed by atoms with Gasteiger partial charge in [-0.05, 0) is 49.8 Å². The van der Waals surface area contributed by atoms with Gasteiger partial charge < -0.3 is 5.32 Å². The van der Waals surface area contributed by atoms with Crippen LogP contribution in [0.15, 0.2) is 45.9 Å². The molecule has 160 valence electrons. The number of benzene rings is 1. The molecule has 7 heteroatoms. The van der Waals surface area contributed by atoms with E-state index >= 15 is 0 Å². The van der Waals surface area contributed by atoms with Crippen molar-refractivity contribution in [1.29, 1.82) is 0 Å². The first kappa shape index (κ1) is 23.1. The van der Waals surface area contributed by atoms with Crippen molar-refractivity contribution in [3.8, 4) is 0 Å². The molecule has 1 N–H and O–H groups in total. The van der Waals surface area contributed by atoms with Crippen LogP contribution in [0.4, 0.5) is 5.69 Å². The number of amides is 1. The van der Waals surface area contributed by atoms with E-state index in [0.29, 0.717) is 6.42 Å². The minimum Gasteiger partial charge on any atom is -0.324 e. The number of thiazole rings is 1. The lowest BCUT2D eigenvalue weighted by Gasteiger charge is -2.11. The number of unbranched alkanes of at least 4 members (excludes halogenated alkanes) is 5. The molecule has 1 amide bonds. The number of carbonyl (C=O) groups is 1. The third kappa shape index (κ3) is 7.00. The Bertz CT molecular complexity index is 925. The number of thioether (sulfide) groups is 2. The predicted molar refractivity (Wildman–Crippen MR) is 132 cm³/mol. The summed E-state index contributed by atoms with van der Waals surface area (Å²) in [4.78, 5) is 21.3. The van der Waals surface area contributed by atoms with Crippen LogP contribution in [-0.2, 0) is 4.79 Å². The Kier molecular flexibility index (Phi) is 9.49. The molecule has 4 nitrogen and oxygen atoms in total. The molecule has 0 bridgehead atoms. The summed E-state index contributed by atoms with van der Waals surface area (Å²) in [5.74, 6) is 1.22. The smallest absolute Gasteiger partial charge is 0.224 e. The molecular formula is C23H29N3OS3. The molecule has 30 heavy (non-hydrogen) atoms. The average Bonchev–Trinajstić information content (AvgIpc) is 3.17. The first-order valence-electron chi connectivity index (χ1n) is 10.4. The summed E-state index contributed by atoms with van der Waals surface area (Å²) >= 11 is 5.22. The Morgan fingerprint density at radius 3 is 2.63 bits per heavy atom. The van der Waals surface area contributed by atoms with Gasteiger partial charge in [-0.2, -0.15) is 0 Å². The molecule has 2 aromatic heterocycles. The lowest BCUT2D eigenvalue weighted by molar-refractivity contribution is -0.116. The molecule has 0 saturated heterocycles. The highest BCUT2D eigenvalue weighted by Gasteiger charge is 2.10. The van der Waals surface area contributed by atoms with Crippen LogP contribution in [-0.4, -0.2) is 27.9 Å². The van der Waals surface area contributed by atoms with Crippen molar-refractivity contribution in [1.82, 2.24) is 9.97 Å². The lowest BCUT2D eigenvalue weighted by atomic mass is 10.1. The first-order valence-corrected chi connectivity index (χ1v) is 13.5. The molecule has 3 aromatic rings. The zero-order chi connectivity index (χ0) is 21.2. The summed E-state index contributed by atoms with van der Waals surface area (Å²) in [6.07, 6.45) is 11.3. The van der Waals surface area contributed by atoms with E-state index in [-0.39, 0.29) is 5.91 Å². The molecule has 0 radical (unpaired) electrons. The molecule has 0 unspecified atom stereocenters. The summed E-state index contributed by atoms with van der Waals surface area (Å²) in [7, 11) is 0. The fraction of sp³-hybridized carbons (Fsp3) is 0.435. The third-order valence-corrected chi connectivity index (χ3v) is 7.84. The molecule has 0 aliphatic heterocycles. The summed E-state index contributed by atoms with van der Waals surface area (Å²) < 4.78 is 2.45. The van der Waals surface area contributed by atoms with Gasteiger partial charge in [-0.3, -0.25) is 4.79 Å². The molecule has 0 spiro atoms. The first-order chi connectivity index (χ1) is 14.7. The number of hydrogen-bond donors (Lipinski definition) is 1. The van der Waals surface area contributed by atoms with Crippen molar-refractivity contribution in [2.75, 3.05) is 17.3 Å². The van der Waals surface area contributed by atoms with Gasteiger partial charge in [0.25, 0.3) is 0 Å². The molecule has 0 atom stereocenters. The summed E-state index contributed by atoms with van der Waals surface area (Å²) in [5.41, 5.74) is 3.03. The van der Waals surface area contributed by atoms with Gasteiger partial charge in [-0.25, -0.2) is 9.97 Å². The number of rotatable bonds is 12. The van der Waals surface area contributed by atoms with Crippen LogP contribution in [0.5, 0.6) is 0 Å². The Hall–Kier alpha value is -1.57. The average molecular weight is 460 g/mol. The number of para-hydroxylation sites is 1. The number of nitrogens with one attached hydrogen (secondary N) is 1. The Balaban J connectivity index is 1.23. The van der Waals surface area contributed by atoms with Gasteiger partial charge in [-0.1, -0.05) is 49.6 Å². The SMILES string of the molecule is CSc1nccc(C)c1NC(=O)CCCCCCCCSc1nc2ccccc2s1. The fourth-order valence-corrected chi connectivity index (χ4v) is 5.93. The minimum absolute atomic E-state index is 0.0913. The Morgan fingerprint density at radius 2 is 1.83 bits per heavy atom. The maximum atomic E-state index is 12.3. The predicted octanol–water partition coefficient (Wildman–Crippen LogP) is 7.18. The van der Waals surface area contributed by atoms with Crippen LogP contribution >= 0.6 is 34.9 Å². The van der Waals surface area contributed by atoms with E-state index in [1.54, 1.807) is 29.3 Å². The summed E-state index contributed by atoms with van der Waals surface area (Å²) in [6.45, 7) is 2.01. The lowest BCUT2D eigenvalue weighted by Crippen LogP contribution is -2.13. The topological polar surface area (TPSA) is 54.9 Å². The number of fused-ring (bicyclic) bond motifs is 1. The number of hydrogen-bond acceptors (Lipinski definition) is 6. The number of anilines is 1. The van der Waals surface area contributed by atoms with E-state index in [1.807, 2.05) is 37.1 Å². The molecule has 0 aliphatic rings. The van der Waals surface area contributed by atoms with Crippen molar-refractivity contribution in [2.24, 2.45) is 0 Å². The fourth-order valence-electron chi connectivity index (χ4n) is 3.21. The molecule has 0 fully saturated rings. The van der Waals surface area contributed by atoms with E-state index in [2.05, 4.69) is 33.5 Å². The highest BCUT2D eigenvalue weighted by atomic mass is 32.2. The minimum atomic E-state index is 0.0913. The van der Waals surface area contributed by atoms with Crippen LogP contribution in [0.25, 0.3) is 10.2 Å². The van der Waals surface area contributed by atoms with Gasteiger partial charge >= 0.3 is 0 Å². The van der Waals surface area contributed by atoms with Crippen molar-refractivity contribution < 1.29 is 4.79 Å². The van der Waals surface area contributed by atoms with E-state index < -0.39 is 0 Å². The molecular weight excluding hydrogens is 430 g/mol. The standard InChI is InChI=1S/C23H29N3OS3/c1-17-14-15-24-22(28-2)21(17)26-20(27)13-7-5-3-4-6-10-16-29-23-25-18-11-8-9-12-19(18)30-23/h8-9,11-12,14-15H,3-7,10,13,16H2,1-2H3,(H,26,27). The van der Waals surface area contributed by atoms with E-state index in [4.69, 9.17) is 0 Å². The van der Waals surface area contributed by atoms with Crippen LogP contribution in [0.2, 0.25) is 0 Å². The van der Waals surface area contributed by atoms with Gasteiger partial charge in [0.15, 0.2) is 4.34 Å². The van der Waals surface area contributed by atoms with Crippen LogP contribution in [0.3, 0.4) is 0 Å². The molecule has 3 rings (SSSR count). The van der Waals surface area contributed by atoms with Gasteiger partial charge in [0.2, 0.25) is 5.91 Å². The largest absolute Gasteiger partial charge is 0.324 e. The number of aromatic nitrogens is 2. The number of carbonyl (C=O) groups excluding carboxylic acids is 1. The second kappa shape index (κ2) is 12.3. The van der Waals surface area contributed by atoms with E-state index in [9.17, 15) is 4.79 Å². The number of pyridine rings is 1. The van der Waals surface area contributed by atoms with Crippen molar-refractivity contribution >= 4 is 56.7 Å². The Morgan fingerprint density at radius 1 is 1.07 bits per heavy atom. The van der Waals surface area contributed by atoms with Crippen molar-refractivity contribution in [2.45, 2.75) is 61.2 Å². The second-order valence-corrected chi connectivity index (χ2v) is 10.4. The van der Waals surface area contributed by atoms with Gasteiger partial charge in [-0.15, -0.1) is 23.1 Å². The molecule has 1 aromatic carbocycles. The van der Waals surface area contributed by atoms with Gasteiger partial charge in [0.1, 0.15) is 5.03 Å². The Labute approximate surface area is 191 Å². The zero-order valence-electron chi connectivity index (χ0n) is 17.6.